The molecule has 3 nitrogen and oxygen atoms in total. The maximum Gasteiger partial charge on any atom is 0.221 e. The summed E-state index contributed by atoms with van der Waals surface area (Å²) in [5.74, 6) is 0.176. The predicted molar refractivity (Wildman–Crippen MR) is 76.0 cm³/mol. The van der Waals surface area contributed by atoms with Crippen LogP contribution in [0.4, 0.5) is 0 Å². The van der Waals surface area contributed by atoms with Gasteiger partial charge in [0.2, 0.25) is 5.91 Å². The fraction of sp³-hybridized carbons (Fsp3) is 0.643. The van der Waals surface area contributed by atoms with Crippen LogP contribution in [0.25, 0.3) is 0 Å². The maximum atomic E-state index is 11.9. The van der Waals surface area contributed by atoms with Crippen LogP contribution in [0.15, 0.2) is 12.1 Å². The molecule has 1 aromatic heterocycles. The van der Waals surface area contributed by atoms with E-state index in [-0.39, 0.29) is 11.9 Å². The number of hydrogen-bond acceptors (Lipinski definition) is 3. The number of rotatable bonds is 5. The van der Waals surface area contributed by atoms with Crippen molar-refractivity contribution in [3.63, 3.8) is 0 Å². The van der Waals surface area contributed by atoms with E-state index in [1.54, 1.807) is 0 Å². The maximum absolute atomic E-state index is 11.9. The fourth-order valence-corrected chi connectivity index (χ4v) is 3.46. The molecule has 1 amide bonds. The highest BCUT2D eigenvalue weighted by atomic mass is 32.1. The lowest BCUT2D eigenvalue weighted by molar-refractivity contribution is -0.122. The molecule has 2 atom stereocenters. The molecule has 1 aliphatic rings. The van der Waals surface area contributed by atoms with Crippen molar-refractivity contribution in [2.45, 2.75) is 51.6 Å². The fourth-order valence-electron chi connectivity index (χ4n) is 2.44. The van der Waals surface area contributed by atoms with Gasteiger partial charge in [0.05, 0.1) is 0 Å². The Hall–Kier alpha value is -0.870. The highest BCUT2D eigenvalue weighted by Gasteiger charge is 2.18. The molecule has 1 fully saturated rings. The Balaban J connectivity index is 1.72. The number of carbonyl (C=O) groups excluding carboxylic acids is 1. The van der Waals surface area contributed by atoms with Crippen molar-refractivity contribution in [2.75, 3.05) is 6.54 Å². The van der Waals surface area contributed by atoms with E-state index in [1.165, 1.54) is 16.2 Å². The van der Waals surface area contributed by atoms with Crippen LogP contribution in [-0.2, 0) is 11.2 Å². The molecule has 0 radical (unpaired) electrons. The molecule has 1 saturated heterocycles. The van der Waals surface area contributed by atoms with Crippen molar-refractivity contribution in [1.29, 1.82) is 0 Å². The Bertz CT molecular complexity index is 396. The van der Waals surface area contributed by atoms with Gasteiger partial charge in [-0.2, -0.15) is 0 Å². The summed E-state index contributed by atoms with van der Waals surface area (Å²) in [5.41, 5.74) is 0. The normalized spacial score (nSPS) is 20.9. The second-order valence-corrected chi connectivity index (χ2v) is 6.55. The van der Waals surface area contributed by atoms with Crippen LogP contribution in [0.2, 0.25) is 0 Å². The second-order valence-electron chi connectivity index (χ2n) is 5.18. The number of aryl methyl sites for hydroxylation is 1. The lowest BCUT2D eigenvalue weighted by atomic mass is 10.1. The number of amides is 1. The summed E-state index contributed by atoms with van der Waals surface area (Å²) in [5, 5.41) is 6.45. The summed E-state index contributed by atoms with van der Waals surface area (Å²) in [6.07, 6.45) is 3.88. The van der Waals surface area contributed by atoms with Crippen molar-refractivity contribution in [3.05, 3.63) is 21.9 Å². The molecule has 1 aromatic rings. The zero-order valence-corrected chi connectivity index (χ0v) is 12.0. The first-order valence-corrected chi connectivity index (χ1v) is 7.53. The molecular formula is C14H22N2OS. The smallest absolute Gasteiger partial charge is 0.221 e. The summed E-state index contributed by atoms with van der Waals surface area (Å²) in [6.45, 7) is 5.25. The van der Waals surface area contributed by atoms with Crippen LogP contribution in [0.1, 0.15) is 35.9 Å². The van der Waals surface area contributed by atoms with Gasteiger partial charge < -0.3 is 10.6 Å². The zero-order chi connectivity index (χ0) is 13.0. The molecule has 0 aromatic carbocycles. The molecule has 2 unspecified atom stereocenters. The molecular weight excluding hydrogens is 244 g/mol. The summed E-state index contributed by atoms with van der Waals surface area (Å²) in [7, 11) is 0. The lowest BCUT2D eigenvalue weighted by Crippen LogP contribution is -2.37. The molecule has 100 valence electrons. The molecule has 0 aliphatic carbocycles. The van der Waals surface area contributed by atoms with Gasteiger partial charge in [0.15, 0.2) is 0 Å². The average molecular weight is 266 g/mol. The standard InChI is InChI=1S/C14H22N2OS/c1-10(8-13-6-5-11(2)18-13)16-14(17)9-12-4-3-7-15-12/h5-6,10,12,15H,3-4,7-9H2,1-2H3,(H,16,17). The van der Waals surface area contributed by atoms with Crippen LogP contribution in [0.5, 0.6) is 0 Å². The third-order valence-corrected chi connectivity index (χ3v) is 4.33. The van der Waals surface area contributed by atoms with Gasteiger partial charge in [0.25, 0.3) is 0 Å². The van der Waals surface area contributed by atoms with Crippen LogP contribution in [0.3, 0.4) is 0 Å². The van der Waals surface area contributed by atoms with E-state index < -0.39 is 0 Å². The minimum atomic E-state index is 0.176. The number of thiophene rings is 1. The van der Waals surface area contributed by atoms with Crippen molar-refractivity contribution in [3.8, 4) is 0 Å². The van der Waals surface area contributed by atoms with Crippen molar-refractivity contribution >= 4 is 17.2 Å². The van der Waals surface area contributed by atoms with Crippen LogP contribution >= 0.6 is 11.3 Å². The van der Waals surface area contributed by atoms with Crippen molar-refractivity contribution in [2.24, 2.45) is 0 Å². The summed E-state index contributed by atoms with van der Waals surface area (Å²) >= 11 is 1.81. The van der Waals surface area contributed by atoms with Crippen LogP contribution in [0, 0.1) is 6.92 Å². The monoisotopic (exact) mass is 266 g/mol. The first-order chi connectivity index (χ1) is 8.63. The predicted octanol–water partition coefficient (Wildman–Crippen LogP) is 2.25. The molecule has 1 aliphatic heterocycles. The van der Waals surface area contributed by atoms with Crippen LogP contribution in [-0.4, -0.2) is 24.5 Å². The molecule has 18 heavy (non-hydrogen) atoms. The molecule has 4 heteroatoms. The number of carbonyl (C=O) groups is 1. The van der Waals surface area contributed by atoms with E-state index in [1.807, 2.05) is 11.3 Å². The molecule has 0 bridgehead atoms. The van der Waals surface area contributed by atoms with Crippen molar-refractivity contribution < 1.29 is 4.79 Å². The first-order valence-electron chi connectivity index (χ1n) is 6.71. The number of hydrogen-bond donors (Lipinski definition) is 2. The molecule has 2 rings (SSSR count). The molecule has 0 spiro atoms. The molecule has 0 saturated carbocycles. The van der Waals surface area contributed by atoms with E-state index in [9.17, 15) is 4.79 Å². The van der Waals surface area contributed by atoms with E-state index in [0.717, 1.165) is 19.4 Å². The average Bonchev–Trinajstić information content (AvgIpc) is 2.90. The largest absolute Gasteiger partial charge is 0.353 e. The van der Waals surface area contributed by atoms with E-state index >= 15 is 0 Å². The van der Waals surface area contributed by atoms with Crippen molar-refractivity contribution in [1.82, 2.24) is 10.6 Å². The van der Waals surface area contributed by atoms with E-state index in [0.29, 0.717) is 12.5 Å². The highest BCUT2D eigenvalue weighted by molar-refractivity contribution is 7.11. The summed E-state index contributed by atoms with van der Waals surface area (Å²) in [6, 6.07) is 4.90. The molecule has 2 N–H and O–H groups in total. The molecule has 2 heterocycles. The Kier molecular flexibility index (Phi) is 4.78. The minimum absolute atomic E-state index is 0.176. The highest BCUT2D eigenvalue weighted by Crippen LogP contribution is 2.16. The summed E-state index contributed by atoms with van der Waals surface area (Å²) in [4.78, 5) is 14.5. The third-order valence-electron chi connectivity index (χ3n) is 3.30. The Labute approximate surface area is 113 Å². The third kappa shape index (κ3) is 4.10. The van der Waals surface area contributed by atoms with Crippen LogP contribution < -0.4 is 10.6 Å². The Morgan fingerprint density at radius 2 is 2.44 bits per heavy atom. The first kappa shape index (κ1) is 13.6. The van der Waals surface area contributed by atoms with Gasteiger partial charge in [0.1, 0.15) is 0 Å². The topological polar surface area (TPSA) is 41.1 Å². The zero-order valence-electron chi connectivity index (χ0n) is 11.2. The Morgan fingerprint density at radius 1 is 1.61 bits per heavy atom. The minimum Gasteiger partial charge on any atom is -0.353 e. The van der Waals surface area contributed by atoms with E-state index in [4.69, 9.17) is 0 Å². The SMILES string of the molecule is Cc1ccc(CC(C)NC(=O)CC2CCCN2)s1. The lowest BCUT2D eigenvalue weighted by Gasteiger charge is -2.15. The van der Waals surface area contributed by atoms with E-state index in [2.05, 4.69) is 36.6 Å². The second kappa shape index (κ2) is 6.34. The van der Waals surface area contributed by atoms with Gasteiger partial charge in [-0.25, -0.2) is 0 Å². The van der Waals surface area contributed by atoms with Gasteiger partial charge in [-0.05, 0) is 45.4 Å². The van der Waals surface area contributed by atoms with Gasteiger partial charge in [0, 0.05) is 34.7 Å². The van der Waals surface area contributed by atoms with Gasteiger partial charge in [-0.15, -0.1) is 11.3 Å². The summed E-state index contributed by atoms with van der Waals surface area (Å²) < 4.78 is 0. The van der Waals surface area contributed by atoms with Gasteiger partial charge in [-0.3, -0.25) is 4.79 Å². The van der Waals surface area contributed by atoms with Gasteiger partial charge in [-0.1, -0.05) is 0 Å². The quantitative estimate of drug-likeness (QED) is 0.858. The van der Waals surface area contributed by atoms with Gasteiger partial charge >= 0.3 is 0 Å². The number of nitrogens with one attached hydrogen (secondary N) is 2. The Morgan fingerprint density at radius 3 is 3.06 bits per heavy atom.